The van der Waals surface area contributed by atoms with Crippen LogP contribution in [0.2, 0.25) is 0 Å². The third-order valence-electron chi connectivity index (χ3n) is 5.53. The van der Waals surface area contributed by atoms with Gasteiger partial charge in [-0.05, 0) is 75.2 Å². The summed E-state index contributed by atoms with van der Waals surface area (Å²) in [5, 5.41) is 19.7. The molecule has 0 saturated heterocycles. The van der Waals surface area contributed by atoms with Crippen LogP contribution in [0.25, 0.3) is 11.1 Å². The molecule has 0 spiro atoms. The van der Waals surface area contributed by atoms with Crippen LogP contribution >= 0.6 is 0 Å². The second-order valence-corrected chi connectivity index (χ2v) is 9.10. The van der Waals surface area contributed by atoms with Gasteiger partial charge in [0.2, 0.25) is 0 Å². The van der Waals surface area contributed by atoms with E-state index in [2.05, 4.69) is 0 Å². The van der Waals surface area contributed by atoms with Crippen molar-refractivity contribution in [2.75, 3.05) is 13.2 Å². The zero-order valence-corrected chi connectivity index (χ0v) is 22.0. The molecule has 7 heteroatoms. The van der Waals surface area contributed by atoms with Gasteiger partial charge in [-0.15, -0.1) is 0 Å². The summed E-state index contributed by atoms with van der Waals surface area (Å²) in [5.41, 5.74) is 3.51. The number of hydrogen-bond acceptors (Lipinski definition) is 5. The van der Waals surface area contributed by atoms with Crippen molar-refractivity contribution in [3.8, 4) is 28.4 Å². The Bertz CT molecular complexity index is 1350. The van der Waals surface area contributed by atoms with E-state index in [4.69, 9.17) is 14.2 Å². The Hall–Kier alpha value is -4.52. The van der Waals surface area contributed by atoms with Crippen molar-refractivity contribution in [3.63, 3.8) is 0 Å². The third-order valence-corrected chi connectivity index (χ3v) is 5.53. The maximum Gasteiger partial charge on any atom is 0.339 e. The molecule has 0 aliphatic carbocycles. The molecule has 0 bridgehead atoms. The molecular weight excluding hydrogens is 484 g/mol. The van der Waals surface area contributed by atoms with Gasteiger partial charge in [0.25, 0.3) is 0 Å². The number of benzene rings is 3. The van der Waals surface area contributed by atoms with Gasteiger partial charge in [0, 0.05) is 5.56 Å². The summed E-state index contributed by atoms with van der Waals surface area (Å²) < 4.78 is 17.9. The number of aromatic carboxylic acids is 2. The van der Waals surface area contributed by atoms with Crippen LogP contribution in [-0.4, -0.2) is 35.4 Å². The van der Waals surface area contributed by atoms with Crippen LogP contribution in [0.3, 0.4) is 0 Å². The van der Waals surface area contributed by atoms with Crippen molar-refractivity contribution in [2.45, 2.75) is 34.3 Å². The molecule has 38 heavy (non-hydrogen) atoms. The summed E-state index contributed by atoms with van der Waals surface area (Å²) in [6.07, 6.45) is 3.91. The van der Waals surface area contributed by atoms with Crippen LogP contribution in [0.1, 0.15) is 54.0 Å². The van der Waals surface area contributed by atoms with Gasteiger partial charge in [-0.25, -0.2) is 9.59 Å². The summed E-state index contributed by atoms with van der Waals surface area (Å²) >= 11 is 0. The SMILES string of the molecule is CC(C)=CCOc1ccc(COc2c(C(=O)O)ccc(C(=O)O)c2-c2ccccc2)cc1OCC=C(C)C. The molecule has 0 aliphatic heterocycles. The van der Waals surface area contributed by atoms with Gasteiger partial charge in [0.05, 0.1) is 5.56 Å². The lowest BCUT2D eigenvalue weighted by Gasteiger charge is -2.18. The van der Waals surface area contributed by atoms with E-state index in [1.807, 2.05) is 39.8 Å². The minimum atomic E-state index is -1.22. The molecule has 3 rings (SSSR count). The predicted octanol–water partition coefficient (Wildman–Crippen LogP) is 7.02. The molecule has 0 fully saturated rings. The number of ether oxygens (including phenoxy) is 3. The molecule has 3 aromatic rings. The monoisotopic (exact) mass is 516 g/mol. The normalized spacial score (nSPS) is 10.3. The van der Waals surface area contributed by atoms with E-state index in [0.717, 1.165) is 11.1 Å². The summed E-state index contributed by atoms with van der Waals surface area (Å²) in [7, 11) is 0. The Kier molecular flexibility index (Phi) is 9.71. The fraction of sp³-hybridized carbons (Fsp3) is 0.226. The summed E-state index contributed by atoms with van der Waals surface area (Å²) in [6.45, 7) is 8.67. The predicted molar refractivity (Wildman–Crippen MR) is 146 cm³/mol. The second kappa shape index (κ2) is 13.1. The number of allylic oxidation sites excluding steroid dienone is 2. The Morgan fingerprint density at radius 2 is 1.29 bits per heavy atom. The average Bonchev–Trinajstić information content (AvgIpc) is 2.87. The highest BCUT2D eigenvalue weighted by molar-refractivity contribution is 6.03. The van der Waals surface area contributed by atoms with E-state index in [0.29, 0.717) is 35.8 Å². The molecule has 0 aromatic heterocycles. The van der Waals surface area contributed by atoms with Crippen LogP contribution in [-0.2, 0) is 6.61 Å². The molecule has 0 atom stereocenters. The van der Waals surface area contributed by atoms with Crippen molar-refractivity contribution in [2.24, 2.45) is 0 Å². The van der Waals surface area contributed by atoms with Crippen molar-refractivity contribution in [3.05, 3.63) is 101 Å². The molecule has 3 aromatic carbocycles. The maximum atomic E-state index is 12.0. The maximum absolute atomic E-state index is 12.0. The molecule has 0 unspecified atom stereocenters. The fourth-order valence-corrected chi connectivity index (χ4v) is 3.60. The van der Waals surface area contributed by atoms with Crippen molar-refractivity contribution < 1.29 is 34.0 Å². The largest absolute Gasteiger partial charge is 0.487 e. The van der Waals surface area contributed by atoms with Gasteiger partial charge in [-0.3, -0.25) is 0 Å². The van der Waals surface area contributed by atoms with E-state index in [-0.39, 0.29) is 29.0 Å². The number of carbonyl (C=O) groups is 2. The van der Waals surface area contributed by atoms with E-state index >= 15 is 0 Å². The number of carboxylic acids is 2. The molecule has 0 amide bonds. The first-order valence-electron chi connectivity index (χ1n) is 12.1. The molecular formula is C31H32O7. The number of rotatable bonds is 12. The standard InChI is InChI=1S/C31H32O7/c1-20(2)14-16-36-26-13-10-22(18-27(26)37-17-15-21(3)4)19-38-29-25(31(34)35)12-11-24(30(32)33)28(29)23-8-6-5-7-9-23/h5-15,18H,16-17,19H2,1-4H3,(H,32,33)(H,34,35). The minimum absolute atomic E-state index is 0.0144. The summed E-state index contributed by atoms with van der Waals surface area (Å²) in [4.78, 5) is 24.1. The highest BCUT2D eigenvalue weighted by Crippen LogP contribution is 2.38. The van der Waals surface area contributed by atoms with Gasteiger partial charge in [-0.2, -0.15) is 0 Å². The molecule has 0 aliphatic rings. The van der Waals surface area contributed by atoms with Crippen molar-refractivity contribution in [1.82, 2.24) is 0 Å². The van der Waals surface area contributed by atoms with Crippen LogP contribution in [0.4, 0.5) is 0 Å². The average molecular weight is 517 g/mol. The first-order chi connectivity index (χ1) is 18.2. The lowest BCUT2D eigenvalue weighted by Crippen LogP contribution is -2.09. The van der Waals surface area contributed by atoms with E-state index < -0.39 is 11.9 Å². The third kappa shape index (κ3) is 7.49. The lowest BCUT2D eigenvalue weighted by atomic mass is 9.95. The zero-order valence-electron chi connectivity index (χ0n) is 22.0. The van der Waals surface area contributed by atoms with Crippen molar-refractivity contribution >= 4 is 11.9 Å². The molecule has 0 radical (unpaired) electrons. The second-order valence-electron chi connectivity index (χ2n) is 9.10. The van der Waals surface area contributed by atoms with Crippen LogP contribution in [0.5, 0.6) is 17.2 Å². The van der Waals surface area contributed by atoms with E-state index in [1.165, 1.54) is 12.1 Å². The number of hydrogen-bond donors (Lipinski definition) is 2. The van der Waals surface area contributed by atoms with Gasteiger partial charge >= 0.3 is 11.9 Å². The molecule has 7 nitrogen and oxygen atoms in total. The van der Waals surface area contributed by atoms with Gasteiger partial charge in [0.15, 0.2) is 11.5 Å². The van der Waals surface area contributed by atoms with Gasteiger partial charge < -0.3 is 24.4 Å². The van der Waals surface area contributed by atoms with E-state index in [1.54, 1.807) is 48.5 Å². The summed E-state index contributed by atoms with van der Waals surface area (Å²) in [5.74, 6) is -1.33. The molecule has 2 N–H and O–H groups in total. The first-order valence-corrected chi connectivity index (χ1v) is 12.1. The fourth-order valence-electron chi connectivity index (χ4n) is 3.60. The molecule has 0 heterocycles. The van der Waals surface area contributed by atoms with E-state index in [9.17, 15) is 19.8 Å². The lowest BCUT2D eigenvalue weighted by molar-refractivity contribution is 0.0677. The topological polar surface area (TPSA) is 102 Å². The Labute approximate surface area is 222 Å². The number of carboxylic acid groups (broad SMARTS) is 2. The highest BCUT2D eigenvalue weighted by atomic mass is 16.5. The van der Waals surface area contributed by atoms with Crippen LogP contribution in [0.15, 0.2) is 84.0 Å². The van der Waals surface area contributed by atoms with Gasteiger partial charge in [-0.1, -0.05) is 47.5 Å². The zero-order chi connectivity index (χ0) is 27.7. The first kappa shape index (κ1) is 28.1. The smallest absolute Gasteiger partial charge is 0.339 e. The highest BCUT2D eigenvalue weighted by Gasteiger charge is 2.24. The Balaban J connectivity index is 1.99. The Morgan fingerprint density at radius 1 is 0.711 bits per heavy atom. The molecule has 0 saturated carbocycles. The van der Waals surface area contributed by atoms with Gasteiger partial charge in [0.1, 0.15) is 31.1 Å². The van der Waals surface area contributed by atoms with Crippen LogP contribution < -0.4 is 14.2 Å². The minimum Gasteiger partial charge on any atom is -0.487 e. The molecule has 198 valence electrons. The Morgan fingerprint density at radius 3 is 1.87 bits per heavy atom. The van der Waals surface area contributed by atoms with Crippen molar-refractivity contribution in [1.29, 1.82) is 0 Å². The summed E-state index contributed by atoms with van der Waals surface area (Å²) in [6, 6.07) is 16.6. The quantitative estimate of drug-likeness (QED) is 0.249. The van der Waals surface area contributed by atoms with Crippen LogP contribution in [0, 0.1) is 0 Å².